The van der Waals surface area contributed by atoms with Crippen molar-refractivity contribution >= 4 is 51.5 Å². The van der Waals surface area contributed by atoms with Crippen LogP contribution in [0.3, 0.4) is 0 Å². The largest absolute Gasteiger partial charge is 0.325 e. The minimum Gasteiger partial charge on any atom is -0.325 e. The summed E-state index contributed by atoms with van der Waals surface area (Å²) in [6, 6.07) is 16.6. The fourth-order valence-corrected chi connectivity index (χ4v) is 4.78. The van der Waals surface area contributed by atoms with Crippen molar-refractivity contribution in [2.75, 3.05) is 10.6 Å². The molecule has 0 aliphatic carbocycles. The molecule has 9 heteroatoms. The number of ketones is 1. The molecule has 0 fully saturated rings. The van der Waals surface area contributed by atoms with Crippen LogP contribution in [0.25, 0.3) is 0 Å². The Balaban J connectivity index is 1.51. The number of amides is 2. The van der Waals surface area contributed by atoms with Crippen LogP contribution < -0.4 is 10.6 Å². The summed E-state index contributed by atoms with van der Waals surface area (Å²) in [6.07, 6.45) is 1.60. The number of rotatable bonds is 10. The zero-order chi connectivity index (χ0) is 22.9. The third kappa shape index (κ3) is 7.00. The van der Waals surface area contributed by atoms with Gasteiger partial charge in [0.15, 0.2) is 10.1 Å². The molecule has 0 unspecified atom stereocenters. The van der Waals surface area contributed by atoms with E-state index in [1.807, 2.05) is 37.3 Å². The zero-order valence-electron chi connectivity index (χ0n) is 17.8. The molecule has 166 valence electrons. The van der Waals surface area contributed by atoms with E-state index in [0.717, 1.165) is 5.56 Å². The SMILES string of the molecule is CC[C@@H](Sc1nnc(NC(=O)CCc2ccccc2)s1)C(=O)Nc1ccc(C(C)=O)cc1. The van der Waals surface area contributed by atoms with Crippen LogP contribution in [-0.4, -0.2) is 33.0 Å². The Bertz CT molecular complexity index is 1070. The van der Waals surface area contributed by atoms with E-state index < -0.39 is 0 Å². The standard InChI is InChI=1S/C23H24N4O3S2/c1-3-19(21(30)24-18-12-10-17(11-13-18)15(2)28)31-23-27-26-22(32-23)25-20(29)14-9-16-7-5-4-6-8-16/h4-8,10-13,19H,3,9,14H2,1-2H3,(H,24,30)(H,25,26,29)/t19-/m1/s1. The maximum atomic E-state index is 12.7. The molecule has 0 aliphatic heterocycles. The molecule has 2 amide bonds. The van der Waals surface area contributed by atoms with E-state index in [0.29, 0.717) is 40.0 Å². The molecule has 2 aromatic carbocycles. The number of carbonyl (C=O) groups is 3. The van der Waals surface area contributed by atoms with E-state index in [9.17, 15) is 14.4 Å². The van der Waals surface area contributed by atoms with Gasteiger partial charge < -0.3 is 10.6 Å². The van der Waals surface area contributed by atoms with Gasteiger partial charge in [0.05, 0.1) is 5.25 Å². The summed E-state index contributed by atoms with van der Waals surface area (Å²) in [7, 11) is 0. The van der Waals surface area contributed by atoms with Gasteiger partial charge in [0.25, 0.3) is 0 Å². The van der Waals surface area contributed by atoms with E-state index in [1.165, 1.54) is 30.0 Å². The molecule has 1 aromatic heterocycles. The van der Waals surface area contributed by atoms with Gasteiger partial charge >= 0.3 is 0 Å². The normalized spacial score (nSPS) is 11.6. The monoisotopic (exact) mass is 468 g/mol. The molecular formula is C23H24N4O3S2. The smallest absolute Gasteiger partial charge is 0.237 e. The lowest BCUT2D eigenvalue weighted by Crippen LogP contribution is -2.24. The molecular weight excluding hydrogens is 444 g/mol. The summed E-state index contributed by atoms with van der Waals surface area (Å²) in [5.74, 6) is -0.304. The number of thioether (sulfide) groups is 1. The molecule has 3 rings (SSSR count). The first-order valence-corrected chi connectivity index (χ1v) is 11.9. The van der Waals surface area contributed by atoms with Crippen molar-refractivity contribution in [3.63, 3.8) is 0 Å². The van der Waals surface area contributed by atoms with Gasteiger partial charge in [-0.15, -0.1) is 10.2 Å². The topological polar surface area (TPSA) is 101 Å². The highest BCUT2D eigenvalue weighted by Crippen LogP contribution is 2.31. The van der Waals surface area contributed by atoms with Gasteiger partial charge in [-0.1, -0.05) is 60.4 Å². The fraction of sp³-hybridized carbons (Fsp3) is 0.261. The summed E-state index contributed by atoms with van der Waals surface area (Å²) >= 11 is 2.56. The Morgan fingerprint density at radius 2 is 1.72 bits per heavy atom. The number of aryl methyl sites for hydroxylation is 1. The number of Topliss-reactive ketones (excluding diaryl/α,β-unsaturated/α-hetero) is 1. The van der Waals surface area contributed by atoms with Gasteiger partial charge in [0, 0.05) is 17.7 Å². The minimum atomic E-state index is -0.364. The maximum Gasteiger partial charge on any atom is 0.237 e. The van der Waals surface area contributed by atoms with Crippen LogP contribution in [0.2, 0.25) is 0 Å². The number of benzene rings is 2. The van der Waals surface area contributed by atoms with Crippen molar-refractivity contribution in [1.82, 2.24) is 10.2 Å². The summed E-state index contributed by atoms with van der Waals surface area (Å²) < 4.78 is 0.609. The molecule has 0 saturated heterocycles. The Labute approximate surface area is 195 Å². The highest BCUT2D eigenvalue weighted by molar-refractivity contribution is 8.02. The van der Waals surface area contributed by atoms with Crippen molar-refractivity contribution < 1.29 is 14.4 Å². The van der Waals surface area contributed by atoms with Crippen molar-refractivity contribution in [2.24, 2.45) is 0 Å². The number of aromatic nitrogens is 2. The van der Waals surface area contributed by atoms with E-state index in [2.05, 4.69) is 20.8 Å². The van der Waals surface area contributed by atoms with Crippen molar-refractivity contribution in [1.29, 1.82) is 0 Å². The van der Waals surface area contributed by atoms with E-state index in [-0.39, 0.29) is 22.8 Å². The van der Waals surface area contributed by atoms with Crippen LogP contribution in [0, 0.1) is 0 Å². The molecule has 2 N–H and O–H groups in total. The first-order valence-electron chi connectivity index (χ1n) is 10.2. The maximum absolute atomic E-state index is 12.7. The zero-order valence-corrected chi connectivity index (χ0v) is 19.5. The molecule has 1 atom stereocenters. The predicted molar refractivity (Wildman–Crippen MR) is 128 cm³/mol. The van der Waals surface area contributed by atoms with Gasteiger partial charge in [-0.05, 0) is 49.6 Å². The second kappa shape index (κ2) is 11.5. The Hall–Kier alpha value is -3.04. The number of nitrogens with one attached hydrogen (secondary N) is 2. The number of carbonyl (C=O) groups excluding carboxylic acids is 3. The number of hydrogen-bond donors (Lipinski definition) is 2. The van der Waals surface area contributed by atoms with Crippen LogP contribution in [0.5, 0.6) is 0 Å². The number of nitrogens with zero attached hydrogens (tertiary/aromatic N) is 2. The summed E-state index contributed by atoms with van der Waals surface area (Å²) in [5, 5.41) is 13.8. The number of hydrogen-bond acceptors (Lipinski definition) is 7. The average molecular weight is 469 g/mol. The summed E-state index contributed by atoms with van der Waals surface area (Å²) in [6.45, 7) is 3.42. The third-order valence-corrected chi connectivity index (χ3v) is 6.89. The molecule has 0 aliphatic rings. The second-order valence-electron chi connectivity index (χ2n) is 7.04. The summed E-state index contributed by atoms with van der Waals surface area (Å²) in [5.41, 5.74) is 2.32. The number of anilines is 2. The van der Waals surface area contributed by atoms with E-state index in [4.69, 9.17) is 0 Å². The highest BCUT2D eigenvalue weighted by Gasteiger charge is 2.21. The lowest BCUT2D eigenvalue weighted by atomic mass is 10.1. The van der Waals surface area contributed by atoms with Crippen molar-refractivity contribution in [3.05, 3.63) is 65.7 Å². The molecule has 0 saturated carbocycles. The average Bonchev–Trinajstić information content (AvgIpc) is 3.23. The Morgan fingerprint density at radius 3 is 2.38 bits per heavy atom. The van der Waals surface area contributed by atoms with Crippen LogP contribution in [0.15, 0.2) is 58.9 Å². The van der Waals surface area contributed by atoms with Gasteiger partial charge in [0.1, 0.15) is 0 Å². The van der Waals surface area contributed by atoms with Crippen LogP contribution in [0.4, 0.5) is 10.8 Å². The van der Waals surface area contributed by atoms with Crippen LogP contribution >= 0.6 is 23.1 Å². The van der Waals surface area contributed by atoms with Crippen LogP contribution in [-0.2, 0) is 16.0 Å². The highest BCUT2D eigenvalue weighted by atomic mass is 32.2. The molecule has 3 aromatic rings. The van der Waals surface area contributed by atoms with Gasteiger partial charge in [0.2, 0.25) is 16.9 Å². The quantitative estimate of drug-likeness (QED) is 0.251. The minimum absolute atomic E-state index is 0.0240. The fourth-order valence-electron chi connectivity index (χ4n) is 2.85. The van der Waals surface area contributed by atoms with Gasteiger partial charge in [-0.2, -0.15) is 0 Å². The molecule has 7 nitrogen and oxygen atoms in total. The van der Waals surface area contributed by atoms with E-state index in [1.54, 1.807) is 24.3 Å². The molecule has 0 spiro atoms. The van der Waals surface area contributed by atoms with E-state index >= 15 is 0 Å². The molecule has 0 radical (unpaired) electrons. The second-order valence-corrected chi connectivity index (χ2v) is 9.47. The third-order valence-electron chi connectivity index (χ3n) is 4.60. The first kappa shape index (κ1) is 23.6. The lowest BCUT2D eigenvalue weighted by Gasteiger charge is -2.13. The van der Waals surface area contributed by atoms with Gasteiger partial charge in [-0.3, -0.25) is 14.4 Å². The van der Waals surface area contributed by atoms with Crippen molar-refractivity contribution in [2.45, 2.75) is 42.7 Å². The van der Waals surface area contributed by atoms with Gasteiger partial charge in [-0.25, -0.2) is 0 Å². The van der Waals surface area contributed by atoms with Crippen molar-refractivity contribution in [3.8, 4) is 0 Å². The lowest BCUT2D eigenvalue weighted by molar-refractivity contribution is -0.116. The van der Waals surface area contributed by atoms with Crippen LogP contribution in [0.1, 0.15) is 42.6 Å². The first-order chi connectivity index (χ1) is 15.4. The Kier molecular flexibility index (Phi) is 8.52. The molecule has 0 bridgehead atoms. The molecule has 32 heavy (non-hydrogen) atoms. The summed E-state index contributed by atoms with van der Waals surface area (Å²) in [4.78, 5) is 36.2. The Morgan fingerprint density at radius 1 is 1.00 bits per heavy atom. The molecule has 1 heterocycles. The predicted octanol–water partition coefficient (Wildman–Crippen LogP) is 4.82.